The lowest BCUT2D eigenvalue weighted by Crippen LogP contribution is -2.42. The Kier molecular flexibility index (Phi) is 4.45. The first-order valence-electron chi connectivity index (χ1n) is 6.09. The maximum Gasteiger partial charge on any atom is 0.253 e. The lowest BCUT2D eigenvalue weighted by atomic mass is 9.97. The lowest BCUT2D eigenvalue weighted by Gasteiger charge is -2.32. The molecule has 1 atom stereocenters. The zero-order valence-corrected chi connectivity index (χ0v) is 12.3. The van der Waals surface area contributed by atoms with Crippen LogP contribution in [-0.2, 0) is 0 Å². The fraction of sp³-hybridized carbons (Fsp3) is 0.462. The lowest BCUT2D eigenvalue weighted by molar-refractivity contribution is 0.0677. The number of phenols is 1. The van der Waals surface area contributed by atoms with E-state index in [0.29, 0.717) is 18.0 Å². The molecule has 1 aliphatic heterocycles. The first-order chi connectivity index (χ1) is 8.61. The number of rotatable bonds is 2. The predicted molar refractivity (Wildman–Crippen MR) is 78.5 cm³/mol. The summed E-state index contributed by atoms with van der Waals surface area (Å²) in [7, 11) is 0. The van der Waals surface area contributed by atoms with Crippen LogP contribution in [0.4, 0.5) is 0 Å². The van der Waals surface area contributed by atoms with Crippen LogP contribution < -0.4 is 5.73 Å². The molecule has 1 saturated heterocycles. The highest BCUT2D eigenvalue weighted by Crippen LogP contribution is 2.23. The van der Waals surface area contributed by atoms with Crippen LogP contribution in [0.3, 0.4) is 0 Å². The Morgan fingerprint density at radius 3 is 3.00 bits per heavy atom. The highest BCUT2D eigenvalue weighted by molar-refractivity contribution is 14.1. The van der Waals surface area contributed by atoms with Crippen molar-refractivity contribution >= 4 is 28.5 Å². The number of hydrogen-bond acceptors (Lipinski definition) is 3. The maximum atomic E-state index is 12.3. The Bertz CT molecular complexity index is 451. The molecule has 1 aromatic carbocycles. The van der Waals surface area contributed by atoms with Gasteiger partial charge in [0.05, 0.1) is 3.57 Å². The van der Waals surface area contributed by atoms with E-state index in [1.807, 2.05) is 27.5 Å². The minimum atomic E-state index is -0.0140. The monoisotopic (exact) mass is 360 g/mol. The molecule has 1 unspecified atom stereocenters. The Balaban J connectivity index is 2.12. The van der Waals surface area contributed by atoms with Crippen molar-refractivity contribution in [1.82, 2.24) is 4.90 Å². The first kappa shape index (κ1) is 13.6. The smallest absolute Gasteiger partial charge is 0.253 e. The number of carbonyl (C=O) groups is 1. The average molecular weight is 360 g/mol. The SMILES string of the molecule is NCC1CCCN(C(=O)c2ccc(I)c(O)c2)C1. The third kappa shape index (κ3) is 2.95. The molecule has 0 radical (unpaired) electrons. The highest BCUT2D eigenvalue weighted by Gasteiger charge is 2.23. The molecule has 98 valence electrons. The number of phenolic OH excluding ortho intramolecular Hbond substituents is 1. The summed E-state index contributed by atoms with van der Waals surface area (Å²) < 4.78 is 0.752. The Labute approximate surface area is 120 Å². The zero-order chi connectivity index (χ0) is 13.1. The van der Waals surface area contributed by atoms with E-state index in [1.54, 1.807) is 12.1 Å². The molecule has 0 spiro atoms. The maximum absolute atomic E-state index is 12.3. The van der Waals surface area contributed by atoms with Crippen molar-refractivity contribution in [1.29, 1.82) is 0 Å². The topological polar surface area (TPSA) is 66.6 Å². The minimum absolute atomic E-state index is 0.0140. The van der Waals surface area contributed by atoms with E-state index < -0.39 is 0 Å². The third-order valence-corrected chi connectivity index (χ3v) is 4.24. The number of hydrogen-bond donors (Lipinski definition) is 2. The van der Waals surface area contributed by atoms with Gasteiger partial charge in [-0.15, -0.1) is 0 Å². The largest absolute Gasteiger partial charge is 0.507 e. The second-order valence-corrected chi connectivity index (χ2v) is 5.82. The molecule has 4 nitrogen and oxygen atoms in total. The molecule has 1 amide bonds. The Morgan fingerprint density at radius 1 is 1.56 bits per heavy atom. The van der Waals surface area contributed by atoms with Gasteiger partial charge in [0.15, 0.2) is 0 Å². The molecular weight excluding hydrogens is 343 g/mol. The number of carbonyl (C=O) groups excluding carboxylic acids is 1. The quantitative estimate of drug-likeness (QED) is 0.791. The normalized spacial score (nSPS) is 19.9. The van der Waals surface area contributed by atoms with Crippen molar-refractivity contribution in [3.05, 3.63) is 27.3 Å². The van der Waals surface area contributed by atoms with E-state index >= 15 is 0 Å². The molecule has 0 aliphatic carbocycles. The van der Waals surface area contributed by atoms with Crippen molar-refractivity contribution in [2.75, 3.05) is 19.6 Å². The van der Waals surface area contributed by atoms with Gasteiger partial charge in [-0.1, -0.05) is 0 Å². The second kappa shape index (κ2) is 5.88. The first-order valence-corrected chi connectivity index (χ1v) is 7.17. The number of piperidine rings is 1. The van der Waals surface area contributed by atoms with E-state index in [9.17, 15) is 9.90 Å². The van der Waals surface area contributed by atoms with Crippen LogP contribution in [-0.4, -0.2) is 35.5 Å². The summed E-state index contributed by atoms with van der Waals surface area (Å²) in [6.07, 6.45) is 2.10. The van der Waals surface area contributed by atoms with E-state index in [0.717, 1.165) is 29.5 Å². The number of benzene rings is 1. The summed E-state index contributed by atoms with van der Waals surface area (Å²) in [5.41, 5.74) is 6.22. The number of amides is 1. The van der Waals surface area contributed by atoms with Gasteiger partial charge in [0.25, 0.3) is 5.91 Å². The number of likely N-dealkylation sites (tertiary alicyclic amines) is 1. The predicted octanol–water partition coefficient (Wildman–Crippen LogP) is 1.81. The van der Waals surface area contributed by atoms with Gasteiger partial charge in [-0.25, -0.2) is 0 Å². The van der Waals surface area contributed by atoms with Crippen molar-refractivity contribution in [3.8, 4) is 5.75 Å². The van der Waals surface area contributed by atoms with Crippen molar-refractivity contribution in [2.24, 2.45) is 11.7 Å². The number of halogens is 1. The molecule has 5 heteroatoms. The van der Waals surface area contributed by atoms with E-state index in [-0.39, 0.29) is 11.7 Å². The minimum Gasteiger partial charge on any atom is -0.507 e. The molecular formula is C13H17IN2O2. The Morgan fingerprint density at radius 2 is 2.33 bits per heavy atom. The van der Waals surface area contributed by atoms with Gasteiger partial charge < -0.3 is 15.7 Å². The van der Waals surface area contributed by atoms with Crippen LogP contribution in [0.2, 0.25) is 0 Å². The fourth-order valence-corrected chi connectivity index (χ4v) is 2.61. The van der Waals surface area contributed by atoms with Crippen molar-refractivity contribution < 1.29 is 9.90 Å². The van der Waals surface area contributed by atoms with Gasteiger partial charge >= 0.3 is 0 Å². The summed E-state index contributed by atoms with van der Waals surface area (Å²) in [5, 5.41) is 9.65. The van der Waals surface area contributed by atoms with E-state index in [4.69, 9.17) is 5.73 Å². The summed E-state index contributed by atoms with van der Waals surface area (Å²) in [5.74, 6) is 0.550. The van der Waals surface area contributed by atoms with Gasteiger partial charge in [-0.05, 0) is 66.1 Å². The van der Waals surface area contributed by atoms with Gasteiger partial charge in [0.1, 0.15) is 5.75 Å². The molecule has 1 fully saturated rings. The molecule has 0 saturated carbocycles. The molecule has 18 heavy (non-hydrogen) atoms. The van der Waals surface area contributed by atoms with Gasteiger partial charge in [-0.2, -0.15) is 0 Å². The summed E-state index contributed by atoms with van der Waals surface area (Å²) in [4.78, 5) is 14.1. The van der Waals surface area contributed by atoms with Crippen LogP contribution in [0.25, 0.3) is 0 Å². The molecule has 2 rings (SSSR count). The zero-order valence-electron chi connectivity index (χ0n) is 10.1. The highest BCUT2D eigenvalue weighted by atomic mass is 127. The van der Waals surface area contributed by atoms with Crippen LogP contribution in [0, 0.1) is 9.49 Å². The second-order valence-electron chi connectivity index (χ2n) is 4.66. The molecule has 0 bridgehead atoms. The fourth-order valence-electron chi connectivity index (χ4n) is 2.27. The van der Waals surface area contributed by atoms with Gasteiger partial charge in [0.2, 0.25) is 0 Å². The van der Waals surface area contributed by atoms with E-state index in [2.05, 4.69) is 0 Å². The molecule has 1 heterocycles. The number of nitrogens with two attached hydrogens (primary N) is 1. The van der Waals surface area contributed by atoms with Crippen LogP contribution >= 0.6 is 22.6 Å². The van der Waals surface area contributed by atoms with Crippen molar-refractivity contribution in [3.63, 3.8) is 0 Å². The number of aromatic hydroxyl groups is 1. The van der Waals surface area contributed by atoms with Crippen molar-refractivity contribution in [2.45, 2.75) is 12.8 Å². The van der Waals surface area contributed by atoms with Crippen LogP contribution in [0.1, 0.15) is 23.2 Å². The van der Waals surface area contributed by atoms with Crippen LogP contribution in [0.15, 0.2) is 18.2 Å². The molecule has 1 aromatic rings. The van der Waals surface area contributed by atoms with Gasteiger partial charge in [0, 0.05) is 18.7 Å². The standard InChI is InChI=1S/C13H17IN2O2/c14-11-4-3-10(6-12(11)17)13(18)16-5-1-2-9(7-15)8-16/h3-4,6,9,17H,1-2,5,7-8,15H2. The Hall–Kier alpha value is -0.820. The van der Waals surface area contributed by atoms with Gasteiger partial charge in [-0.3, -0.25) is 4.79 Å². The van der Waals surface area contributed by atoms with Crippen LogP contribution in [0.5, 0.6) is 5.75 Å². The summed E-state index contributed by atoms with van der Waals surface area (Å²) in [6, 6.07) is 5.06. The average Bonchev–Trinajstić information content (AvgIpc) is 2.41. The molecule has 3 N–H and O–H groups in total. The summed E-state index contributed by atoms with van der Waals surface area (Å²) >= 11 is 2.04. The molecule has 1 aliphatic rings. The summed E-state index contributed by atoms with van der Waals surface area (Å²) in [6.45, 7) is 2.13. The number of nitrogens with zero attached hydrogens (tertiary/aromatic N) is 1. The third-order valence-electron chi connectivity index (χ3n) is 3.33. The van der Waals surface area contributed by atoms with E-state index in [1.165, 1.54) is 6.07 Å². The molecule has 0 aromatic heterocycles.